The molecule has 2 N–H and O–H groups in total. The summed E-state index contributed by atoms with van der Waals surface area (Å²) in [6.07, 6.45) is 4.66. The molecular weight excluding hydrogens is 208 g/mol. The molecule has 16 heavy (non-hydrogen) atoms. The van der Waals surface area contributed by atoms with Crippen LogP contribution < -0.4 is 5.90 Å². The molecule has 0 aromatic heterocycles. The van der Waals surface area contributed by atoms with E-state index >= 15 is 0 Å². The first-order valence-electron chi connectivity index (χ1n) is 5.36. The van der Waals surface area contributed by atoms with E-state index in [0.717, 1.165) is 25.7 Å². The van der Waals surface area contributed by atoms with Crippen molar-refractivity contribution in [2.24, 2.45) is 22.7 Å². The van der Waals surface area contributed by atoms with Gasteiger partial charge < -0.3 is 9.57 Å². The van der Waals surface area contributed by atoms with Crippen LogP contribution in [0.3, 0.4) is 0 Å². The Morgan fingerprint density at radius 1 is 1.38 bits per heavy atom. The summed E-state index contributed by atoms with van der Waals surface area (Å²) in [5.74, 6) is 5.70. The molecule has 5 nitrogen and oxygen atoms in total. The highest BCUT2D eigenvalue weighted by Crippen LogP contribution is 2.30. The summed E-state index contributed by atoms with van der Waals surface area (Å²) in [4.78, 5) is 20.0. The molecule has 0 aliphatic heterocycles. The second-order valence-corrected chi connectivity index (χ2v) is 3.84. The lowest BCUT2D eigenvalue weighted by molar-refractivity contribution is -0.146. The van der Waals surface area contributed by atoms with Crippen LogP contribution >= 0.6 is 0 Å². The summed E-state index contributed by atoms with van der Waals surface area (Å²) in [6, 6.07) is 0. The lowest BCUT2D eigenvalue weighted by Gasteiger charge is -2.26. The predicted molar refractivity (Wildman–Crippen MR) is 60.4 cm³/mol. The molecule has 0 saturated heterocycles. The quantitative estimate of drug-likeness (QED) is 0.341. The fourth-order valence-electron chi connectivity index (χ4n) is 2.06. The number of hydrogen-bond acceptors (Lipinski definition) is 5. The van der Waals surface area contributed by atoms with Crippen molar-refractivity contribution in [3.05, 3.63) is 12.8 Å². The summed E-state index contributed by atoms with van der Waals surface area (Å²) < 4.78 is 4.72. The standard InChI is InChI=1S/C11H18N2O3/c1-3-13-10(16-12)8-4-6-9(7-5-8)11(14)15-2/h3,8-9H,1,4-7,12H2,2H3/b13-10-. The molecule has 0 unspecified atom stereocenters. The van der Waals surface area contributed by atoms with Gasteiger partial charge in [-0.25, -0.2) is 4.99 Å². The van der Waals surface area contributed by atoms with E-state index < -0.39 is 0 Å². The maximum atomic E-state index is 11.3. The van der Waals surface area contributed by atoms with E-state index in [9.17, 15) is 4.79 Å². The largest absolute Gasteiger partial charge is 0.469 e. The minimum atomic E-state index is -0.130. The molecule has 0 aromatic carbocycles. The number of carbonyl (C=O) groups is 1. The smallest absolute Gasteiger partial charge is 0.308 e. The maximum absolute atomic E-state index is 11.3. The van der Waals surface area contributed by atoms with Crippen molar-refractivity contribution in [1.29, 1.82) is 0 Å². The topological polar surface area (TPSA) is 73.9 Å². The second-order valence-electron chi connectivity index (χ2n) is 3.84. The molecule has 0 spiro atoms. The molecule has 90 valence electrons. The number of ether oxygens (including phenoxy) is 1. The van der Waals surface area contributed by atoms with Crippen LogP contribution in [0.15, 0.2) is 17.8 Å². The van der Waals surface area contributed by atoms with Crippen LogP contribution in [0, 0.1) is 11.8 Å². The van der Waals surface area contributed by atoms with Gasteiger partial charge in [-0.05, 0) is 25.7 Å². The van der Waals surface area contributed by atoms with E-state index in [2.05, 4.69) is 11.6 Å². The van der Waals surface area contributed by atoms with Gasteiger partial charge in [-0.3, -0.25) is 4.79 Å². The van der Waals surface area contributed by atoms with Crippen LogP contribution in [0.1, 0.15) is 25.7 Å². The van der Waals surface area contributed by atoms with Gasteiger partial charge in [0, 0.05) is 12.1 Å². The van der Waals surface area contributed by atoms with E-state index in [1.165, 1.54) is 13.3 Å². The third-order valence-electron chi connectivity index (χ3n) is 2.95. The summed E-state index contributed by atoms with van der Waals surface area (Å²) in [5.41, 5.74) is 0. The Labute approximate surface area is 95.3 Å². The molecule has 0 amide bonds. The lowest BCUT2D eigenvalue weighted by Crippen LogP contribution is -2.29. The van der Waals surface area contributed by atoms with Crippen LogP contribution in [0.5, 0.6) is 0 Å². The van der Waals surface area contributed by atoms with Gasteiger partial charge >= 0.3 is 5.97 Å². The molecule has 0 radical (unpaired) electrons. The fourth-order valence-corrected chi connectivity index (χ4v) is 2.06. The van der Waals surface area contributed by atoms with E-state index in [-0.39, 0.29) is 17.8 Å². The first kappa shape index (κ1) is 12.7. The minimum absolute atomic E-state index is 0.00371. The molecule has 0 heterocycles. The molecular formula is C11H18N2O3. The van der Waals surface area contributed by atoms with Crippen LogP contribution in [-0.2, 0) is 14.4 Å². The highest BCUT2D eigenvalue weighted by molar-refractivity contribution is 5.79. The van der Waals surface area contributed by atoms with Crippen LogP contribution in [0.4, 0.5) is 0 Å². The zero-order chi connectivity index (χ0) is 12.0. The van der Waals surface area contributed by atoms with E-state index in [1.807, 2.05) is 0 Å². The SMILES string of the molecule is C=C/N=C(\ON)C1CCC(C(=O)OC)CC1. The Morgan fingerprint density at radius 2 is 1.94 bits per heavy atom. The molecule has 1 saturated carbocycles. The Morgan fingerprint density at radius 3 is 2.38 bits per heavy atom. The number of hydrogen-bond donors (Lipinski definition) is 1. The number of esters is 1. The minimum Gasteiger partial charge on any atom is -0.469 e. The number of carbonyl (C=O) groups excluding carboxylic acids is 1. The number of methoxy groups -OCH3 is 1. The number of aliphatic imine (C=N–C) groups is 1. The summed E-state index contributed by atoms with van der Waals surface area (Å²) >= 11 is 0. The molecule has 5 heteroatoms. The van der Waals surface area contributed by atoms with Gasteiger partial charge in [0.15, 0.2) is 0 Å². The molecule has 0 atom stereocenters. The normalized spacial score (nSPS) is 26.0. The molecule has 1 rings (SSSR count). The molecule has 1 aliphatic carbocycles. The first-order chi connectivity index (χ1) is 7.72. The van der Waals surface area contributed by atoms with Crippen LogP contribution in [0.2, 0.25) is 0 Å². The van der Waals surface area contributed by atoms with Gasteiger partial charge in [0.1, 0.15) is 0 Å². The highest BCUT2D eigenvalue weighted by Gasteiger charge is 2.29. The molecule has 1 fully saturated rings. The zero-order valence-corrected chi connectivity index (χ0v) is 9.52. The van der Waals surface area contributed by atoms with Crippen molar-refractivity contribution >= 4 is 11.9 Å². The van der Waals surface area contributed by atoms with Crippen molar-refractivity contribution in [2.75, 3.05) is 7.11 Å². The van der Waals surface area contributed by atoms with Gasteiger partial charge in [0.05, 0.1) is 13.0 Å². The average molecular weight is 226 g/mol. The Bertz CT molecular complexity index is 281. The van der Waals surface area contributed by atoms with Crippen molar-refractivity contribution in [3.63, 3.8) is 0 Å². The second kappa shape index (κ2) is 6.27. The Hall–Kier alpha value is -1.36. The maximum Gasteiger partial charge on any atom is 0.308 e. The summed E-state index contributed by atoms with van der Waals surface area (Å²) in [6.45, 7) is 3.50. The van der Waals surface area contributed by atoms with Crippen LogP contribution in [0.25, 0.3) is 0 Å². The zero-order valence-electron chi connectivity index (χ0n) is 9.52. The summed E-state index contributed by atoms with van der Waals surface area (Å²) in [7, 11) is 1.42. The highest BCUT2D eigenvalue weighted by atomic mass is 16.6. The third kappa shape index (κ3) is 3.06. The molecule has 0 bridgehead atoms. The fraction of sp³-hybridized carbons (Fsp3) is 0.636. The molecule has 1 aliphatic rings. The van der Waals surface area contributed by atoms with Crippen molar-refractivity contribution < 1.29 is 14.4 Å². The van der Waals surface area contributed by atoms with Gasteiger partial charge in [0.2, 0.25) is 5.90 Å². The van der Waals surface area contributed by atoms with Gasteiger partial charge in [-0.1, -0.05) is 6.58 Å². The van der Waals surface area contributed by atoms with E-state index in [0.29, 0.717) is 5.90 Å². The van der Waals surface area contributed by atoms with Crippen molar-refractivity contribution in [2.45, 2.75) is 25.7 Å². The molecule has 0 aromatic rings. The average Bonchev–Trinajstić information content (AvgIpc) is 2.35. The third-order valence-corrected chi connectivity index (χ3v) is 2.95. The van der Waals surface area contributed by atoms with E-state index in [4.69, 9.17) is 15.5 Å². The number of rotatable bonds is 3. The van der Waals surface area contributed by atoms with Crippen LogP contribution in [-0.4, -0.2) is 19.0 Å². The predicted octanol–water partition coefficient (Wildman–Crippen LogP) is 1.40. The van der Waals surface area contributed by atoms with Gasteiger partial charge in [-0.15, -0.1) is 0 Å². The van der Waals surface area contributed by atoms with Gasteiger partial charge in [-0.2, -0.15) is 5.90 Å². The summed E-state index contributed by atoms with van der Waals surface area (Å²) in [5, 5.41) is 0. The monoisotopic (exact) mass is 226 g/mol. The number of nitrogens with two attached hydrogens (primary N) is 1. The lowest BCUT2D eigenvalue weighted by atomic mass is 9.82. The first-order valence-corrected chi connectivity index (χ1v) is 5.36. The van der Waals surface area contributed by atoms with Gasteiger partial charge in [0.25, 0.3) is 0 Å². The number of nitrogens with zero attached hydrogens (tertiary/aromatic N) is 1. The Balaban J connectivity index is 2.51. The van der Waals surface area contributed by atoms with E-state index in [1.54, 1.807) is 0 Å². The van der Waals surface area contributed by atoms with Crippen molar-refractivity contribution in [3.8, 4) is 0 Å². The Kier molecular flexibility index (Phi) is 4.98. The van der Waals surface area contributed by atoms with Crippen molar-refractivity contribution in [1.82, 2.24) is 0 Å².